The Morgan fingerprint density at radius 3 is 2.58 bits per heavy atom. The van der Waals surface area contributed by atoms with Gasteiger partial charge < -0.3 is 26.2 Å². The summed E-state index contributed by atoms with van der Waals surface area (Å²) in [7, 11) is 0. The Morgan fingerprint density at radius 2 is 2.00 bits per heavy atom. The summed E-state index contributed by atoms with van der Waals surface area (Å²) in [6.07, 6.45) is 0.585. The summed E-state index contributed by atoms with van der Waals surface area (Å²) in [6.45, 7) is 0.732. The van der Waals surface area contributed by atoms with Crippen LogP contribution in [0.2, 0.25) is 0 Å². The molecule has 0 radical (unpaired) electrons. The van der Waals surface area contributed by atoms with Gasteiger partial charge in [0, 0.05) is 19.1 Å². The van der Waals surface area contributed by atoms with E-state index in [1.54, 1.807) is 6.07 Å². The number of aliphatic hydroxyl groups excluding tert-OH is 2. The fourth-order valence-electron chi connectivity index (χ4n) is 2.15. The highest BCUT2D eigenvalue weighted by molar-refractivity contribution is 7.18. The van der Waals surface area contributed by atoms with E-state index in [-0.39, 0.29) is 5.91 Å². The van der Waals surface area contributed by atoms with Crippen molar-refractivity contribution >= 4 is 27.9 Å². The summed E-state index contributed by atoms with van der Waals surface area (Å²) in [4.78, 5) is 14.3. The van der Waals surface area contributed by atoms with Crippen LogP contribution in [0.1, 0.15) is 22.5 Å². The number of hydrogen-bond donors (Lipinski definition) is 4. The second-order valence-corrected chi connectivity index (χ2v) is 6.19. The fraction of sp³-hybridized carbons (Fsp3) is 0.583. The third kappa shape index (κ3) is 2.54. The van der Waals surface area contributed by atoms with Crippen LogP contribution in [0.5, 0.6) is 0 Å². The molecule has 104 valence electrons. The van der Waals surface area contributed by atoms with Crippen molar-refractivity contribution in [2.24, 2.45) is 0 Å². The normalized spacial score (nSPS) is 26.7. The molecule has 5 N–H and O–H groups in total. The van der Waals surface area contributed by atoms with Gasteiger partial charge in [-0.1, -0.05) is 0 Å². The lowest BCUT2D eigenvalue weighted by atomic mass is 10.3. The Kier molecular flexibility index (Phi) is 3.12. The highest BCUT2D eigenvalue weighted by Crippen LogP contribution is 2.34. The van der Waals surface area contributed by atoms with Gasteiger partial charge in [0.15, 0.2) is 0 Å². The quantitative estimate of drug-likeness (QED) is 0.614. The van der Waals surface area contributed by atoms with Crippen molar-refractivity contribution < 1.29 is 15.0 Å². The van der Waals surface area contributed by atoms with E-state index in [4.69, 9.17) is 5.73 Å². The Labute approximate surface area is 114 Å². The number of carbonyl (C=O) groups is 1. The molecule has 0 bridgehead atoms. The topological polar surface area (TPSA) is 98.8 Å². The Balaban J connectivity index is 1.75. The number of β-amino-alcohol motifs (C(OH)–C–C–N with tert-alkyl or cyclic N) is 2. The molecule has 7 heteroatoms. The van der Waals surface area contributed by atoms with E-state index in [0.717, 1.165) is 17.8 Å². The predicted octanol–water partition coefficient (Wildman–Crippen LogP) is -0.236. The van der Waals surface area contributed by atoms with Crippen LogP contribution in [0.4, 0.5) is 10.7 Å². The maximum atomic E-state index is 12.0. The van der Waals surface area contributed by atoms with Crippen molar-refractivity contribution in [3.05, 3.63) is 10.9 Å². The number of carbonyl (C=O) groups excluding carboxylic acids is 1. The van der Waals surface area contributed by atoms with E-state index in [1.807, 2.05) is 4.90 Å². The zero-order valence-corrected chi connectivity index (χ0v) is 11.2. The van der Waals surface area contributed by atoms with Gasteiger partial charge in [0.25, 0.3) is 5.91 Å². The van der Waals surface area contributed by atoms with Crippen molar-refractivity contribution in [2.45, 2.75) is 31.1 Å². The summed E-state index contributed by atoms with van der Waals surface area (Å²) < 4.78 is 0. The third-order valence-corrected chi connectivity index (χ3v) is 4.65. The molecule has 0 aromatic carbocycles. The Bertz CT molecular complexity index is 490. The third-order valence-electron chi connectivity index (χ3n) is 3.44. The summed E-state index contributed by atoms with van der Waals surface area (Å²) >= 11 is 1.31. The zero-order valence-electron chi connectivity index (χ0n) is 10.4. The van der Waals surface area contributed by atoms with Crippen LogP contribution in [0.15, 0.2) is 6.07 Å². The first-order valence-electron chi connectivity index (χ1n) is 6.36. The molecule has 1 aromatic rings. The van der Waals surface area contributed by atoms with Gasteiger partial charge >= 0.3 is 0 Å². The van der Waals surface area contributed by atoms with E-state index in [2.05, 4.69) is 5.32 Å². The van der Waals surface area contributed by atoms with E-state index in [1.165, 1.54) is 11.3 Å². The summed E-state index contributed by atoms with van der Waals surface area (Å²) in [5.41, 5.74) is 6.33. The van der Waals surface area contributed by atoms with Gasteiger partial charge in [-0.15, -0.1) is 11.3 Å². The Hall–Kier alpha value is -1.31. The van der Waals surface area contributed by atoms with Gasteiger partial charge in [-0.25, -0.2) is 0 Å². The van der Waals surface area contributed by atoms with Crippen molar-refractivity contribution in [3.63, 3.8) is 0 Å². The van der Waals surface area contributed by atoms with Gasteiger partial charge in [0.05, 0.1) is 22.9 Å². The molecule has 1 amide bonds. The van der Waals surface area contributed by atoms with Crippen LogP contribution < -0.4 is 16.0 Å². The molecule has 2 atom stereocenters. The second kappa shape index (κ2) is 4.66. The van der Waals surface area contributed by atoms with Crippen molar-refractivity contribution in [1.29, 1.82) is 0 Å². The number of nitrogens with zero attached hydrogens (tertiary/aromatic N) is 1. The van der Waals surface area contributed by atoms with Gasteiger partial charge in [-0.05, 0) is 18.9 Å². The average Bonchev–Trinajstić information content (AvgIpc) is 2.98. The van der Waals surface area contributed by atoms with Crippen LogP contribution in [0, 0.1) is 0 Å². The number of nitrogens with one attached hydrogen (secondary N) is 1. The summed E-state index contributed by atoms with van der Waals surface area (Å²) in [5.74, 6) is -0.128. The fourth-order valence-corrected chi connectivity index (χ4v) is 3.15. The number of aliphatic hydroxyl groups is 2. The van der Waals surface area contributed by atoms with Gasteiger partial charge in [-0.2, -0.15) is 0 Å². The number of anilines is 2. The molecule has 2 heterocycles. The SMILES string of the molecule is Nc1cc(N2CC(O)C(O)C2)sc1C(=O)NC1CC1. The highest BCUT2D eigenvalue weighted by atomic mass is 32.1. The molecule has 0 spiro atoms. The van der Waals surface area contributed by atoms with Crippen LogP contribution in [0.3, 0.4) is 0 Å². The lowest BCUT2D eigenvalue weighted by Crippen LogP contribution is -2.25. The molecule has 1 saturated carbocycles. The van der Waals surface area contributed by atoms with Gasteiger partial charge in [0.2, 0.25) is 0 Å². The van der Waals surface area contributed by atoms with Crippen molar-refractivity contribution in [2.75, 3.05) is 23.7 Å². The molecule has 2 aliphatic rings. The molecule has 3 rings (SSSR count). The first kappa shape index (κ1) is 12.7. The second-order valence-electron chi connectivity index (χ2n) is 5.16. The maximum absolute atomic E-state index is 12.0. The van der Waals surface area contributed by atoms with E-state index < -0.39 is 12.2 Å². The number of rotatable bonds is 3. The largest absolute Gasteiger partial charge is 0.397 e. The minimum Gasteiger partial charge on any atom is -0.397 e. The monoisotopic (exact) mass is 283 g/mol. The zero-order chi connectivity index (χ0) is 13.6. The molecular formula is C12H17N3O3S. The minimum atomic E-state index is -0.743. The number of thiophene rings is 1. The summed E-state index contributed by atoms with van der Waals surface area (Å²) in [5, 5.41) is 22.8. The van der Waals surface area contributed by atoms with Gasteiger partial charge in [-0.3, -0.25) is 4.79 Å². The number of nitrogens with two attached hydrogens (primary N) is 1. The minimum absolute atomic E-state index is 0.128. The van der Waals surface area contributed by atoms with E-state index in [0.29, 0.717) is 29.7 Å². The van der Waals surface area contributed by atoms with Crippen LogP contribution >= 0.6 is 11.3 Å². The molecule has 1 aliphatic carbocycles. The highest BCUT2D eigenvalue weighted by Gasteiger charge is 2.32. The van der Waals surface area contributed by atoms with E-state index >= 15 is 0 Å². The average molecular weight is 283 g/mol. The van der Waals surface area contributed by atoms with Crippen LogP contribution in [-0.4, -0.2) is 47.5 Å². The van der Waals surface area contributed by atoms with Crippen LogP contribution in [0.25, 0.3) is 0 Å². The standard InChI is InChI=1S/C12H17N3O3S/c13-7-3-10(15-4-8(16)9(17)5-15)19-11(7)12(18)14-6-1-2-6/h3,6,8-9,16-17H,1-2,4-5,13H2,(H,14,18). The first-order chi connectivity index (χ1) is 9.04. The lowest BCUT2D eigenvalue weighted by Gasteiger charge is -2.14. The number of amides is 1. The molecule has 19 heavy (non-hydrogen) atoms. The molecule has 1 saturated heterocycles. The van der Waals surface area contributed by atoms with Crippen molar-refractivity contribution in [1.82, 2.24) is 5.32 Å². The predicted molar refractivity (Wildman–Crippen MR) is 73.4 cm³/mol. The Morgan fingerprint density at radius 1 is 1.37 bits per heavy atom. The van der Waals surface area contributed by atoms with Crippen molar-refractivity contribution in [3.8, 4) is 0 Å². The molecular weight excluding hydrogens is 266 g/mol. The molecule has 2 fully saturated rings. The maximum Gasteiger partial charge on any atom is 0.263 e. The van der Waals surface area contributed by atoms with Crippen LogP contribution in [-0.2, 0) is 0 Å². The lowest BCUT2D eigenvalue weighted by molar-refractivity contribution is 0.0572. The smallest absolute Gasteiger partial charge is 0.263 e. The molecule has 6 nitrogen and oxygen atoms in total. The number of hydrogen-bond acceptors (Lipinski definition) is 6. The van der Waals surface area contributed by atoms with Gasteiger partial charge in [0.1, 0.15) is 4.88 Å². The summed E-state index contributed by atoms with van der Waals surface area (Å²) in [6, 6.07) is 2.03. The molecule has 2 unspecified atom stereocenters. The first-order valence-corrected chi connectivity index (χ1v) is 7.17. The molecule has 1 aromatic heterocycles. The van der Waals surface area contributed by atoms with E-state index in [9.17, 15) is 15.0 Å². The molecule has 1 aliphatic heterocycles. The number of nitrogen functional groups attached to an aromatic ring is 1.